The maximum atomic E-state index is 12.8. The number of hydrogen-bond donors (Lipinski definition) is 0. The number of aryl methyl sites for hydroxylation is 1. The predicted molar refractivity (Wildman–Crippen MR) is 107 cm³/mol. The number of carbonyl (C=O) groups excluding carboxylic acids is 1. The third-order valence-electron chi connectivity index (χ3n) is 4.65. The number of hydrogen-bond acceptors (Lipinski definition) is 5. The fraction of sp³-hybridized carbons (Fsp3) is 0.286. The summed E-state index contributed by atoms with van der Waals surface area (Å²) in [5.74, 6) is 1.17. The first kappa shape index (κ1) is 19.4. The van der Waals surface area contributed by atoms with Crippen LogP contribution in [0.5, 0.6) is 11.5 Å². The molecule has 0 spiro atoms. The fourth-order valence-corrected chi connectivity index (χ4v) is 3.13. The third-order valence-corrected chi connectivity index (χ3v) is 4.65. The Morgan fingerprint density at radius 2 is 1.75 bits per heavy atom. The molecule has 0 unspecified atom stereocenters. The molecule has 1 aromatic heterocycles. The molecule has 0 aliphatic rings. The van der Waals surface area contributed by atoms with Crippen LogP contribution in [-0.2, 0) is 24.8 Å². The molecule has 7 heteroatoms. The number of aromatic nitrogens is 2. The molecule has 0 bridgehead atoms. The quantitative estimate of drug-likeness (QED) is 0.654. The van der Waals surface area contributed by atoms with Gasteiger partial charge in [-0.25, -0.2) is 4.68 Å². The summed E-state index contributed by atoms with van der Waals surface area (Å²) in [6.07, 6.45) is 0.110. The zero-order valence-corrected chi connectivity index (χ0v) is 16.4. The van der Waals surface area contributed by atoms with Gasteiger partial charge in [0.25, 0.3) is 5.56 Å². The first-order chi connectivity index (χ1) is 13.4. The molecule has 28 heavy (non-hydrogen) atoms. The van der Waals surface area contributed by atoms with Crippen molar-refractivity contribution >= 4 is 16.7 Å². The lowest BCUT2D eigenvalue weighted by Gasteiger charge is -2.19. The largest absolute Gasteiger partial charge is 0.493 e. The van der Waals surface area contributed by atoms with Gasteiger partial charge in [-0.2, -0.15) is 5.10 Å². The number of rotatable bonds is 6. The minimum Gasteiger partial charge on any atom is -0.493 e. The second-order valence-corrected chi connectivity index (χ2v) is 6.54. The Kier molecular flexibility index (Phi) is 5.63. The van der Waals surface area contributed by atoms with Crippen molar-refractivity contribution in [3.05, 3.63) is 64.1 Å². The second-order valence-electron chi connectivity index (χ2n) is 6.54. The highest BCUT2D eigenvalue weighted by Crippen LogP contribution is 2.28. The van der Waals surface area contributed by atoms with Gasteiger partial charge in [0.1, 0.15) is 0 Å². The van der Waals surface area contributed by atoms with E-state index in [4.69, 9.17) is 9.47 Å². The molecule has 3 rings (SSSR count). The topological polar surface area (TPSA) is 73.7 Å². The summed E-state index contributed by atoms with van der Waals surface area (Å²) in [6, 6.07) is 12.8. The second kappa shape index (κ2) is 8.12. The minimum atomic E-state index is -0.175. The Morgan fingerprint density at radius 1 is 1.07 bits per heavy atom. The lowest BCUT2D eigenvalue weighted by molar-refractivity contribution is -0.129. The molecule has 3 aromatic rings. The van der Waals surface area contributed by atoms with Crippen LogP contribution in [0.15, 0.2) is 47.3 Å². The molecular weight excluding hydrogens is 358 g/mol. The van der Waals surface area contributed by atoms with E-state index in [9.17, 15) is 9.59 Å². The van der Waals surface area contributed by atoms with Crippen LogP contribution in [0, 0.1) is 0 Å². The van der Waals surface area contributed by atoms with Gasteiger partial charge in [0, 0.05) is 26.0 Å². The van der Waals surface area contributed by atoms with Gasteiger partial charge in [0.2, 0.25) is 5.91 Å². The van der Waals surface area contributed by atoms with E-state index in [1.165, 1.54) is 4.68 Å². The van der Waals surface area contributed by atoms with Crippen molar-refractivity contribution in [2.45, 2.75) is 13.0 Å². The first-order valence-corrected chi connectivity index (χ1v) is 8.84. The van der Waals surface area contributed by atoms with E-state index in [1.807, 2.05) is 30.3 Å². The number of nitrogens with zero attached hydrogens (tertiary/aromatic N) is 3. The summed E-state index contributed by atoms with van der Waals surface area (Å²) in [7, 11) is 6.49. The molecule has 1 heterocycles. The van der Waals surface area contributed by atoms with E-state index < -0.39 is 0 Å². The number of likely N-dealkylation sites (N-methyl/N-ethyl adjacent to an activating group) is 1. The van der Waals surface area contributed by atoms with Crippen molar-refractivity contribution < 1.29 is 14.3 Å². The van der Waals surface area contributed by atoms with Crippen LogP contribution in [0.1, 0.15) is 11.3 Å². The number of fused-ring (bicyclic) bond motifs is 1. The molecule has 2 aromatic carbocycles. The maximum absolute atomic E-state index is 12.8. The average Bonchev–Trinajstić information content (AvgIpc) is 2.71. The van der Waals surface area contributed by atoms with Gasteiger partial charge in [0.15, 0.2) is 11.5 Å². The van der Waals surface area contributed by atoms with Crippen molar-refractivity contribution in [2.75, 3.05) is 21.3 Å². The van der Waals surface area contributed by atoms with Crippen LogP contribution < -0.4 is 15.0 Å². The van der Waals surface area contributed by atoms with Crippen molar-refractivity contribution in [1.29, 1.82) is 0 Å². The van der Waals surface area contributed by atoms with Crippen LogP contribution >= 0.6 is 0 Å². The van der Waals surface area contributed by atoms with Crippen LogP contribution in [0.25, 0.3) is 10.8 Å². The molecule has 0 aliphatic carbocycles. The van der Waals surface area contributed by atoms with Crippen molar-refractivity contribution in [3.63, 3.8) is 0 Å². The highest BCUT2D eigenvalue weighted by atomic mass is 16.5. The smallest absolute Gasteiger partial charge is 0.274 e. The number of benzene rings is 2. The highest BCUT2D eigenvalue weighted by molar-refractivity contribution is 5.88. The molecule has 0 atom stereocenters. The Labute approximate surface area is 163 Å². The highest BCUT2D eigenvalue weighted by Gasteiger charge is 2.16. The molecule has 0 saturated carbocycles. The van der Waals surface area contributed by atoms with Crippen LogP contribution in [0.3, 0.4) is 0 Å². The molecule has 146 valence electrons. The average molecular weight is 381 g/mol. The van der Waals surface area contributed by atoms with Crippen molar-refractivity contribution in [3.8, 4) is 11.5 Å². The van der Waals surface area contributed by atoms with Gasteiger partial charge in [-0.1, -0.05) is 24.3 Å². The van der Waals surface area contributed by atoms with Gasteiger partial charge < -0.3 is 14.4 Å². The van der Waals surface area contributed by atoms with E-state index >= 15 is 0 Å². The van der Waals surface area contributed by atoms with Gasteiger partial charge >= 0.3 is 0 Å². The SMILES string of the molecule is COc1ccc(CN(C)C(=O)Cc2nn(C)c(=O)c3ccccc23)cc1OC. The Balaban J connectivity index is 1.81. The zero-order chi connectivity index (χ0) is 20.3. The minimum absolute atomic E-state index is 0.0916. The summed E-state index contributed by atoms with van der Waals surface area (Å²) in [6.45, 7) is 0.420. The Hall–Kier alpha value is -3.35. The van der Waals surface area contributed by atoms with E-state index in [-0.39, 0.29) is 17.9 Å². The van der Waals surface area contributed by atoms with Gasteiger partial charge in [-0.15, -0.1) is 0 Å². The van der Waals surface area contributed by atoms with Gasteiger partial charge in [-0.05, 0) is 23.8 Å². The number of methoxy groups -OCH3 is 2. The van der Waals surface area contributed by atoms with Crippen molar-refractivity contribution in [2.24, 2.45) is 7.05 Å². The van der Waals surface area contributed by atoms with E-state index in [1.54, 1.807) is 45.3 Å². The summed E-state index contributed by atoms with van der Waals surface area (Å²) in [4.78, 5) is 26.6. The molecular formula is C21H23N3O4. The monoisotopic (exact) mass is 381 g/mol. The molecule has 7 nitrogen and oxygen atoms in total. The Morgan fingerprint density at radius 3 is 2.43 bits per heavy atom. The number of amides is 1. The molecule has 0 radical (unpaired) electrons. The summed E-state index contributed by atoms with van der Waals surface area (Å²) >= 11 is 0. The summed E-state index contributed by atoms with van der Waals surface area (Å²) < 4.78 is 11.8. The predicted octanol–water partition coefficient (Wildman–Crippen LogP) is 2.15. The maximum Gasteiger partial charge on any atom is 0.274 e. The Bertz CT molecular complexity index is 1070. The lowest BCUT2D eigenvalue weighted by atomic mass is 10.1. The van der Waals surface area contributed by atoms with E-state index in [2.05, 4.69) is 5.10 Å². The normalized spacial score (nSPS) is 10.7. The molecule has 0 N–H and O–H groups in total. The fourth-order valence-electron chi connectivity index (χ4n) is 3.13. The van der Waals surface area contributed by atoms with Crippen LogP contribution in [-0.4, -0.2) is 41.9 Å². The number of ether oxygens (including phenoxy) is 2. The third kappa shape index (κ3) is 3.83. The van der Waals surface area contributed by atoms with Gasteiger partial charge in [-0.3, -0.25) is 9.59 Å². The zero-order valence-electron chi connectivity index (χ0n) is 16.4. The van der Waals surface area contributed by atoms with Crippen LogP contribution in [0.2, 0.25) is 0 Å². The van der Waals surface area contributed by atoms with Crippen LogP contribution in [0.4, 0.5) is 0 Å². The molecule has 1 amide bonds. The lowest BCUT2D eigenvalue weighted by Crippen LogP contribution is -2.29. The van der Waals surface area contributed by atoms with E-state index in [0.29, 0.717) is 34.5 Å². The number of carbonyl (C=O) groups is 1. The van der Waals surface area contributed by atoms with E-state index in [0.717, 1.165) is 5.56 Å². The van der Waals surface area contributed by atoms with Crippen molar-refractivity contribution in [1.82, 2.24) is 14.7 Å². The molecule has 0 aliphatic heterocycles. The molecule has 0 fully saturated rings. The first-order valence-electron chi connectivity index (χ1n) is 8.84. The summed E-state index contributed by atoms with van der Waals surface area (Å²) in [5.41, 5.74) is 1.33. The standard InChI is InChI=1S/C21H23N3O4/c1-23(13-14-9-10-18(27-3)19(11-14)28-4)20(25)12-17-15-7-5-6-8-16(15)21(26)24(2)22-17/h5-11H,12-13H2,1-4H3. The summed E-state index contributed by atoms with van der Waals surface area (Å²) in [5, 5.41) is 5.57. The molecule has 0 saturated heterocycles. The van der Waals surface area contributed by atoms with Gasteiger partial charge in [0.05, 0.1) is 31.7 Å².